The van der Waals surface area contributed by atoms with Gasteiger partial charge in [0.25, 0.3) is 0 Å². The van der Waals surface area contributed by atoms with Crippen molar-refractivity contribution in [3.63, 3.8) is 0 Å². The summed E-state index contributed by atoms with van der Waals surface area (Å²) in [5.41, 5.74) is 1.21. The van der Waals surface area contributed by atoms with Crippen molar-refractivity contribution >= 4 is 5.91 Å². The fraction of sp³-hybridized carbons (Fsp3) is 0.579. The smallest absolute Gasteiger partial charge is 0.221 e. The van der Waals surface area contributed by atoms with Gasteiger partial charge in [-0.2, -0.15) is 0 Å². The second kappa shape index (κ2) is 7.95. The molecule has 7 heteroatoms. The number of benzene rings is 1. The predicted octanol–water partition coefficient (Wildman–Crippen LogP) is 2.10. The average molecular weight is 357 g/mol. The number of aryl methyl sites for hydroxylation is 1. The minimum absolute atomic E-state index is 0.0232. The summed E-state index contributed by atoms with van der Waals surface area (Å²) in [7, 11) is 0. The van der Waals surface area contributed by atoms with E-state index >= 15 is 0 Å². The van der Waals surface area contributed by atoms with Crippen LogP contribution in [0.25, 0.3) is 0 Å². The van der Waals surface area contributed by atoms with E-state index in [2.05, 4.69) is 59.0 Å². The molecule has 7 nitrogen and oxygen atoms in total. The second-order valence-corrected chi connectivity index (χ2v) is 7.60. The Morgan fingerprint density at radius 2 is 2.12 bits per heavy atom. The number of nitrogens with one attached hydrogen (secondary N) is 1. The van der Waals surface area contributed by atoms with Crippen LogP contribution in [0.4, 0.5) is 0 Å². The Morgan fingerprint density at radius 3 is 2.81 bits per heavy atom. The molecule has 2 heterocycles. The molecule has 0 aliphatic carbocycles. The highest BCUT2D eigenvalue weighted by Gasteiger charge is 2.41. The Kier molecular flexibility index (Phi) is 5.66. The second-order valence-electron chi connectivity index (χ2n) is 7.60. The van der Waals surface area contributed by atoms with Gasteiger partial charge in [-0.1, -0.05) is 30.3 Å². The van der Waals surface area contributed by atoms with E-state index in [0.717, 1.165) is 25.9 Å². The third-order valence-electron chi connectivity index (χ3n) is 5.11. The molecule has 0 spiro atoms. The first-order chi connectivity index (χ1) is 12.5. The molecule has 1 atom stereocenters. The van der Waals surface area contributed by atoms with E-state index < -0.39 is 0 Å². The van der Waals surface area contributed by atoms with Gasteiger partial charge in [0.2, 0.25) is 5.91 Å². The molecule has 1 aliphatic rings. The van der Waals surface area contributed by atoms with Crippen molar-refractivity contribution in [3.05, 3.63) is 42.2 Å². The number of rotatable bonds is 7. The molecule has 1 aromatic heterocycles. The number of hydrogen-bond donors (Lipinski definition) is 1. The Hall–Kier alpha value is -2.28. The molecule has 0 bridgehead atoms. The van der Waals surface area contributed by atoms with E-state index in [4.69, 9.17) is 4.74 Å². The highest BCUT2D eigenvalue weighted by molar-refractivity contribution is 5.75. The zero-order chi connectivity index (χ0) is 18.5. The van der Waals surface area contributed by atoms with E-state index in [0.29, 0.717) is 19.5 Å². The summed E-state index contributed by atoms with van der Waals surface area (Å²) in [6.07, 6.45) is 4.71. The quantitative estimate of drug-likeness (QED) is 0.820. The van der Waals surface area contributed by atoms with Gasteiger partial charge in [0.05, 0.1) is 12.1 Å². The highest BCUT2D eigenvalue weighted by Crippen LogP contribution is 2.43. The SMILES string of the molecule is CC1(C)C[C@](CCNC(=O)CCn2cnnn2)(c2ccccc2)CCO1. The van der Waals surface area contributed by atoms with E-state index in [9.17, 15) is 4.79 Å². The van der Waals surface area contributed by atoms with Gasteiger partial charge >= 0.3 is 0 Å². The lowest BCUT2D eigenvalue weighted by Gasteiger charge is -2.45. The van der Waals surface area contributed by atoms with Gasteiger partial charge in [0.15, 0.2) is 0 Å². The maximum Gasteiger partial charge on any atom is 0.221 e. The van der Waals surface area contributed by atoms with E-state index in [1.165, 1.54) is 11.9 Å². The van der Waals surface area contributed by atoms with E-state index in [1.807, 2.05) is 6.07 Å². The molecule has 1 saturated heterocycles. The lowest BCUT2D eigenvalue weighted by molar-refractivity contribution is -0.121. The van der Waals surface area contributed by atoms with Gasteiger partial charge in [0, 0.05) is 25.0 Å². The number of hydrogen-bond acceptors (Lipinski definition) is 5. The minimum Gasteiger partial charge on any atom is -0.376 e. The number of carbonyl (C=O) groups is 1. The van der Waals surface area contributed by atoms with Crippen molar-refractivity contribution < 1.29 is 9.53 Å². The molecule has 1 N–H and O–H groups in total. The summed E-state index contributed by atoms with van der Waals surface area (Å²) in [5.74, 6) is 0.0232. The predicted molar refractivity (Wildman–Crippen MR) is 97.4 cm³/mol. The molecule has 3 rings (SSSR count). The number of aromatic nitrogens is 4. The Morgan fingerprint density at radius 1 is 1.31 bits per heavy atom. The number of ether oxygens (including phenoxy) is 1. The number of amides is 1. The van der Waals surface area contributed by atoms with Crippen LogP contribution in [0.15, 0.2) is 36.7 Å². The van der Waals surface area contributed by atoms with E-state index in [-0.39, 0.29) is 16.9 Å². The lowest BCUT2D eigenvalue weighted by atomic mass is 9.67. The Bertz CT molecular complexity index is 702. The number of nitrogens with zero attached hydrogens (tertiary/aromatic N) is 4. The van der Waals surface area contributed by atoms with E-state index in [1.54, 1.807) is 4.68 Å². The van der Waals surface area contributed by atoms with Gasteiger partial charge in [0.1, 0.15) is 6.33 Å². The summed E-state index contributed by atoms with van der Waals surface area (Å²) in [6.45, 7) is 6.18. The van der Waals surface area contributed by atoms with Gasteiger partial charge in [-0.05, 0) is 49.1 Å². The standard InChI is InChI=1S/C19H27N5O2/c1-18(2)14-19(10-13-26-18,16-6-4-3-5-7-16)9-11-20-17(25)8-12-24-15-21-22-23-24/h3-7,15H,8-14H2,1-2H3,(H,20,25)/t19-/m1/s1. The monoisotopic (exact) mass is 357 g/mol. The molecule has 26 heavy (non-hydrogen) atoms. The van der Waals surface area contributed by atoms with Crippen molar-refractivity contribution in [1.29, 1.82) is 0 Å². The first-order valence-corrected chi connectivity index (χ1v) is 9.16. The molecule has 1 aliphatic heterocycles. The zero-order valence-electron chi connectivity index (χ0n) is 15.5. The summed E-state index contributed by atoms with van der Waals surface area (Å²) in [6, 6.07) is 10.6. The Labute approximate surface area is 154 Å². The first kappa shape index (κ1) is 18.5. The maximum atomic E-state index is 12.1. The van der Waals surface area contributed by atoms with Gasteiger partial charge < -0.3 is 10.1 Å². The topological polar surface area (TPSA) is 81.9 Å². The van der Waals surface area contributed by atoms with Crippen LogP contribution in [-0.4, -0.2) is 44.9 Å². The van der Waals surface area contributed by atoms with Crippen molar-refractivity contribution in [2.45, 2.75) is 57.1 Å². The largest absolute Gasteiger partial charge is 0.376 e. The number of tetrazole rings is 1. The Balaban J connectivity index is 1.59. The fourth-order valence-electron chi connectivity index (χ4n) is 3.90. The molecule has 2 aromatic rings. The maximum absolute atomic E-state index is 12.1. The van der Waals surface area contributed by atoms with Gasteiger partial charge in [-0.25, -0.2) is 4.68 Å². The molecule has 1 fully saturated rings. The number of carbonyl (C=O) groups excluding carboxylic acids is 1. The zero-order valence-corrected chi connectivity index (χ0v) is 15.5. The molecule has 1 aromatic carbocycles. The molecule has 1 amide bonds. The van der Waals surface area contributed by atoms with Crippen molar-refractivity contribution in [2.24, 2.45) is 0 Å². The third kappa shape index (κ3) is 4.66. The van der Waals surface area contributed by atoms with Crippen LogP contribution in [0, 0.1) is 0 Å². The van der Waals surface area contributed by atoms with Crippen molar-refractivity contribution in [2.75, 3.05) is 13.2 Å². The molecular formula is C19H27N5O2. The lowest BCUT2D eigenvalue weighted by Crippen LogP contribution is -2.45. The van der Waals surface area contributed by atoms with Crippen LogP contribution in [0.1, 0.15) is 45.1 Å². The molecule has 0 radical (unpaired) electrons. The normalized spacial score (nSPS) is 22.1. The van der Waals surface area contributed by atoms with Crippen LogP contribution >= 0.6 is 0 Å². The minimum atomic E-state index is -0.155. The van der Waals surface area contributed by atoms with Gasteiger partial charge in [-0.3, -0.25) is 4.79 Å². The van der Waals surface area contributed by atoms with Crippen LogP contribution in [0.5, 0.6) is 0 Å². The van der Waals surface area contributed by atoms with Crippen molar-refractivity contribution in [3.8, 4) is 0 Å². The molecule has 0 saturated carbocycles. The molecule has 0 unspecified atom stereocenters. The first-order valence-electron chi connectivity index (χ1n) is 9.16. The fourth-order valence-corrected chi connectivity index (χ4v) is 3.90. The van der Waals surface area contributed by atoms with Gasteiger partial charge in [-0.15, -0.1) is 5.10 Å². The average Bonchev–Trinajstić information content (AvgIpc) is 3.13. The summed E-state index contributed by atoms with van der Waals surface area (Å²) in [5, 5.41) is 14.0. The van der Waals surface area contributed by atoms with Crippen LogP contribution in [0.3, 0.4) is 0 Å². The summed E-state index contributed by atoms with van der Waals surface area (Å²) in [4.78, 5) is 12.1. The van der Waals surface area contributed by atoms with Crippen molar-refractivity contribution in [1.82, 2.24) is 25.5 Å². The summed E-state index contributed by atoms with van der Waals surface area (Å²) < 4.78 is 7.50. The molecule has 140 valence electrons. The third-order valence-corrected chi connectivity index (χ3v) is 5.11. The highest BCUT2D eigenvalue weighted by atomic mass is 16.5. The van der Waals surface area contributed by atoms with Crippen LogP contribution in [-0.2, 0) is 21.5 Å². The molecular weight excluding hydrogens is 330 g/mol. The van der Waals surface area contributed by atoms with Crippen LogP contribution in [0.2, 0.25) is 0 Å². The summed E-state index contributed by atoms with van der Waals surface area (Å²) >= 11 is 0. The van der Waals surface area contributed by atoms with Crippen LogP contribution < -0.4 is 5.32 Å².